The Bertz CT molecular complexity index is 1910. The van der Waals surface area contributed by atoms with E-state index in [9.17, 15) is 20.1 Å². The summed E-state index contributed by atoms with van der Waals surface area (Å²) < 4.78 is 0. The van der Waals surface area contributed by atoms with Crippen LogP contribution < -0.4 is 29.6 Å². The molecule has 3 radical (unpaired) electrons. The van der Waals surface area contributed by atoms with Gasteiger partial charge in [-0.2, -0.15) is 0 Å². The van der Waals surface area contributed by atoms with Crippen molar-refractivity contribution < 1.29 is 51.1 Å². The van der Waals surface area contributed by atoms with Gasteiger partial charge in [0, 0.05) is 14.8 Å². The van der Waals surface area contributed by atoms with Crippen LogP contribution in [0.4, 0.5) is 0 Å². The number of aliphatic hydroxyl groups excluding tert-OH is 3. The predicted octanol–water partition coefficient (Wildman–Crippen LogP) is 20.6. The molecule has 0 bridgehead atoms. The summed E-state index contributed by atoms with van der Waals surface area (Å²) in [6, 6.07) is 0. The van der Waals surface area contributed by atoms with Crippen LogP contribution in [0.3, 0.4) is 0 Å². The minimum atomic E-state index is -0.138. The molecule has 0 amide bonds. The summed E-state index contributed by atoms with van der Waals surface area (Å²) in [4.78, 5) is 11.6. The van der Waals surface area contributed by atoms with Crippen molar-refractivity contribution in [3.05, 3.63) is 23.3 Å². The minimum absolute atomic E-state index is 0. The zero-order valence-corrected chi connectivity index (χ0v) is 62.3. The Hall–Kier alpha value is 0.0949. The molecule has 13 unspecified atom stereocenters. The van der Waals surface area contributed by atoms with Crippen molar-refractivity contribution in [3.63, 3.8) is 0 Å². The Morgan fingerprint density at radius 1 is 0.322 bits per heavy atom. The number of fused-ring (bicyclic) bond motifs is 4. The van der Waals surface area contributed by atoms with E-state index in [1.54, 1.807) is 5.57 Å². The van der Waals surface area contributed by atoms with Crippen molar-refractivity contribution in [1.82, 2.24) is 0 Å². The van der Waals surface area contributed by atoms with Gasteiger partial charge in [0.2, 0.25) is 0 Å². The van der Waals surface area contributed by atoms with Gasteiger partial charge in [-0.3, -0.25) is 4.79 Å². The standard InChI is InChI=1S/2C21H38O.C21H36O.C21H34O.B.Na.H/c4*1-2-3-4-5-16-6-8-17(9-7-16)18-10-11-20-15-21(22)13-12-19(20)14-18;;;/h2*16-22H,2-15H2,1H3;15-19,21-22H,2-14H2,1H3;15-19H,2-14H2,1H3;;;/q;;;;;+1;-1. The molecule has 12 aliphatic carbocycles. The Morgan fingerprint density at radius 3 is 0.989 bits per heavy atom. The summed E-state index contributed by atoms with van der Waals surface area (Å²) >= 11 is 0. The third-order valence-corrected chi connectivity index (χ3v) is 28.5. The monoisotopic (exact) mass is 1250 g/mol. The topological polar surface area (TPSA) is 77.8 Å². The van der Waals surface area contributed by atoms with Gasteiger partial charge in [0.05, 0.1) is 18.3 Å². The van der Waals surface area contributed by atoms with Gasteiger partial charge in [0.1, 0.15) is 0 Å². The van der Waals surface area contributed by atoms with Crippen LogP contribution in [0.25, 0.3) is 0 Å². The van der Waals surface area contributed by atoms with Crippen molar-refractivity contribution in [1.29, 1.82) is 0 Å². The first kappa shape index (κ1) is 77.4. The Morgan fingerprint density at radius 2 is 0.622 bits per heavy atom. The SMILES string of the molecule is CCCCCC1CCC(C2CCC3=CC(=O)CCC3C2)CC1.CCCCCC1CCC(C2CCC3=CC(O)CCC3C2)CC1.CCCCCC1CCC(C2CCC3CC(O)CCC3C2)CC1.CCCCCC1CCC(C2CCC3CC(O)CCC3C2)CC1.[B].[H-].[Na+]. The quantitative estimate of drug-likeness (QED) is 0.0645. The van der Waals surface area contributed by atoms with E-state index in [1.165, 1.54) is 307 Å². The van der Waals surface area contributed by atoms with E-state index in [0.29, 0.717) is 5.78 Å². The van der Waals surface area contributed by atoms with Gasteiger partial charge >= 0.3 is 29.6 Å². The maximum Gasteiger partial charge on any atom is 1.00 e. The summed E-state index contributed by atoms with van der Waals surface area (Å²) in [7, 11) is 0. The molecule has 10 fully saturated rings. The number of carbonyl (C=O) groups is 1. The molecule has 90 heavy (non-hydrogen) atoms. The molecule has 10 saturated carbocycles. The number of ketones is 1. The number of hydrogen-bond donors (Lipinski definition) is 3. The van der Waals surface area contributed by atoms with E-state index >= 15 is 0 Å². The second-order valence-corrected chi connectivity index (χ2v) is 34.3. The van der Waals surface area contributed by atoms with Crippen molar-refractivity contribution in [2.75, 3.05) is 0 Å². The fourth-order valence-corrected chi connectivity index (χ4v) is 22.7. The fourth-order valence-electron chi connectivity index (χ4n) is 22.7. The van der Waals surface area contributed by atoms with Crippen LogP contribution in [-0.2, 0) is 4.79 Å². The van der Waals surface area contributed by atoms with E-state index < -0.39 is 0 Å². The molecule has 0 aromatic carbocycles. The van der Waals surface area contributed by atoms with Crippen LogP contribution in [0.15, 0.2) is 23.3 Å². The van der Waals surface area contributed by atoms with Gasteiger partial charge in [0.25, 0.3) is 0 Å². The van der Waals surface area contributed by atoms with E-state index in [1.807, 2.05) is 6.08 Å². The molecule has 0 heterocycles. The van der Waals surface area contributed by atoms with Crippen molar-refractivity contribution in [2.24, 2.45) is 107 Å². The molecule has 0 spiro atoms. The summed E-state index contributed by atoms with van der Waals surface area (Å²) in [6.07, 6.45) is 79.5. The van der Waals surface area contributed by atoms with Gasteiger partial charge < -0.3 is 16.7 Å². The second kappa shape index (κ2) is 42.1. The number of unbranched alkanes of at least 4 members (excludes halogenated alkanes) is 8. The molecule has 13 atom stereocenters. The predicted molar refractivity (Wildman–Crippen MR) is 381 cm³/mol. The van der Waals surface area contributed by atoms with Crippen molar-refractivity contribution >= 4 is 14.2 Å². The molecular weight excluding hydrogens is 1110 g/mol. The first-order chi connectivity index (χ1) is 43.0. The summed E-state index contributed by atoms with van der Waals surface area (Å²) in [5, 5.41) is 29.6. The molecule has 0 aromatic heterocycles. The smallest absolute Gasteiger partial charge is 1.00 e. The molecule has 3 N–H and O–H groups in total. The molecule has 0 saturated heterocycles. The number of carbonyl (C=O) groups excluding carboxylic acids is 1. The summed E-state index contributed by atoms with van der Waals surface area (Å²) in [5.74, 6) is 18.0. The average molecular weight is 1250 g/mol. The maximum atomic E-state index is 11.6. The Kier molecular flexibility index (Phi) is 36.3. The molecule has 6 heteroatoms. The average Bonchev–Trinajstić information content (AvgIpc) is 2.81. The number of rotatable bonds is 20. The first-order valence-corrected chi connectivity index (χ1v) is 41.0. The molecule has 12 aliphatic rings. The van der Waals surface area contributed by atoms with Crippen LogP contribution in [-0.4, -0.2) is 47.8 Å². The van der Waals surface area contributed by atoms with Gasteiger partial charge in [-0.25, -0.2) is 0 Å². The summed E-state index contributed by atoms with van der Waals surface area (Å²) in [5.41, 5.74) is 3.10. The number of hydrogen-bond acceptors (Lipinski definition) is 4. The zero-order valence-electron chi connectivity index (χ0n) is 61.3. The first-order valence-electron chi connectivity index (χ1n) is 41.0. The van der Waals surface area contributed by atoms with Gasteiger partial charge in [-0.05, 0) is 299 Å². The molecule has 4 nitrogen and oxygen atoms in total. The summed E-state index contributed by atoms with van der Waals surface area (Å²) in [6.45, 7) is 9.25. The van der Waals surface area contributed by atoms with Crippen molar-refractivity contribution in [2.45, 2.75) is 393 Å². The molecule has 0 aliphatic heterocycles. The van der Waals surface area contributed by atoms with Gasteiger partial charge in [-0.15, -0.1) is 0 Å². The van der Waals surface area contributed by atoms with Crippen LogP contribution >= 0.6 is 0 Å². The molecule has 511 valence electrons. The number of allylic oxidation sites excluding steroid dienone is 3. The van der Waals surface area contributed by atoms with E-state index in [4.69, 9.17) is 0 Å². The largest absolute Gasteiger partial charge is 1.00 e. The van der Waals surface area contributed by atoms with Crippen molar-refractivity contribution in [3.8, 4) is 0 Å². The third-order valence-electron chi connectivity index (χ3n) is 28.5. The van der Waals surface area contributed by atoms with Gasteiger partial charge in [0.15, 0.2) is 5.78 Å². The van der Waals surface area contributed by atoms with E-state index in [2.05, 4.69) is 33.8 Å². The van der Waals surface area contributed by atoms with Crippen LogP contribution in [0.2, 0.25) is 0 Å². The Labute approximate surface area is 583 Å². The Balaban J connectivity index is 0.000000191. The molecular formula is C84H147BNaO4. The van der Waals surface area contributed by atoms with E-state index in [-0.39, 0.29) is 57.7 Å². The molecule has 0 aromatic rings. The van der Waals surface area contributed by atoms with Crippen LogP contribution in [0.5, 0.6) is 0 Å². The third kappa shape index (κ3) is 24.8. The fraction of sp³-hybridized carbons (Fsp3) is 0.940. The molecule has 12 rings (SSSR count). The van der Waals surface area contributed by atoms with E-state index in [0.717, 1.165) is 151 Å². The second-order valence-electron chi connectivity index (χ2n) is 34.3. The zero-order chi connectivity index (χ0) is 61.5. The minimum Gasteiger partial charge on any atom is -1.00 e. The maximum absolute atomic E-state index is 11.6. The van der Waals surface area contributed by atoms with Crippen LogP contribution in [0.1, 0.15) is 376 Å². The normalized spacial score (nSPS) is 39.3. The van der Waals surface area contributed by atoms with Gasteiger partial charge in [-0.1, -0.05) is 199 Å². The number of aliphatic hydroxyl groups is 3. The van der Waals surface area contributed by atoms with Crippen LogP contribution in [0, 0.1) is 107 Å².